The van der Waals surface area contributed by atoms with Gasteiger partial charge in [0.25, 0.3) is 0 Å². The summed E-state index contributed by atoms with van der Waals surface area (Å²) in [7, 11) is 0. The topological polar surface area (TPSA) is 32.3 Å². The van der Waals surface area contributed by atoms with Crippen molar-refractivity contribution in [1.29, 1.82) is 0 Å². The van der Waals surface area contributed by atoms with E-state index in [1.165, 1.54) is 25.7 Å². The van der Waals surface area contributed by atoms with Crippen molar-refractivity contribution in [1.82, 2.24) is 5.32 Å². The highest BCUT2D eigenvalue weighted by Gasteiger charge is 2.40. The molecule has 0 spiro atoms. The smallest absolute Gasteiger partial charge is 0.0774 e. The van der Waals surface area contributed by atoms with Crippen LogP contribution in [-0.4, -0.2) is 23.8 Å². The standard InChI is InChI=1S/C14H27NO/c1-11(2)9-15-10-14(16)7-3-4-13(8-14)12-5-6-12/h11-13,15-16H,3-10H2,1-2H3. The molecule has 2 atom stereocenters. The van der Waals surface area contributed by atoms with Crippen molar-refractivity contribution >= 4 is 0 Å². The van der Waals surface area contributed by atoms with Gasteiger partial charge in [-0.2, -0.15) is 0 Å². The van der Waals surface area contributed by atoms with E-state index < -0.39 is 5.60 Å². The monoisotopic (exact) mass is 225 g/mol. The Morgan fingerprint density at radius 1 is 1.25 bits per heavy atom. The van der Waals surface area contributed by atoms with Crippen LogP contribution in [0.3, 0.4) is 0 Å². The Labute approximate surface area is 99.8 Å². The fraction of sp³-hybridized carbons (Fsp3) is 1.00. The SMILES string of the molecule is CC(C)CNCC1(O)CCCC(C2CC2)C1. The number of rotatable bonds is 5. The second-order valence-electron chi connectivity index (χ2n) is 6.44. The van der Waals surface area contributed by atoms with Crippen molar-refractivity contribution in [3.63, 3.8) is 0 Å². The Bertz CT molecular complexity index is 225. The van der Waals surface area contributed by atoms with E-state index in [0.29, 0.717) is 5.92 Å². The van der Waals surface area contributed by atoms with E-state index in [9.17, 15) is 5.11 Å². The molecule has 0 aliphatic heterocycles. The molecule has 0 radical (unpaired) electrons. The van der Waals surface area contributed by atoms with Crippen molar-refractivity contribution in [3.05, 3.63) is 0 Å². The fourth-order valence-electron chi connectivity index (χ4n) is 3.11. The van der Waals surface area contributed by atoms with Gasteiger partial charge < -0.3 is 10.4 Å². The molecular weight excluding hydrogens is 198 g/mol. The van der Waals surface area contributed by atoms with E-state index in [-0.39, 0.29) is 0 Å². The highest BCUT2D eigenvalue weighted by atomic mass is 16.3. The quantitative estimate of drug-likeness (QED) is 0.753. The third-order valence-electron chi connectivity index (χ3n) is 4.15. The summed E-state index contributed by atoms with van der Waals surface area (Å²) >= 11 is 0. The van der Waals surface area contributed by atoms with Crippen LogP contribution in [0.15, 0.2) is 0 Å². The van der Waals surface area contributed by atoms with Crippen LogP contribution in [0.5, 0.6) is 0 Å². The first-order chi connectivity index (χ1) is 7.59. The molecule has 94 valence electrons. The normalized spacial score (nSPS) is 35.6. The van der Waals surface area contributed by atoms with E-state index in [2.05, 4.69) is 19.2 Å². The molecule has 2 N–H and O–H groups in total. The van der Waals surface area contributed by atoms with Gasteiger partial charge in [0, 0.05) is 6.54 Å². The van der Waals surface area contributed by atoms with Gasteiger partial charge in [0.1, 0.15) is 0 Å². The molecule has 0 aromatic rings. The molecule has 0 aromatic heterocycles. The van der Waals surface area contributed by atoms with Gasteiger partial charge in [-0.15, -0.1) is 0 Å². The average Bonchev–Trinajstić information content (AvgIpc) is 2.99. The first-order valence-corrected chi connectivity index (χ1v) is 7.02. The molecule has 2 aliphatic carbocycles. The second kappa shape index (κ2) is 5.05. The summed E-state index contributed by atoms with van der Waals surface area (Å²) in [5, 5.41) is 14.0. The van der Waals surface area contributed by atoms with Crippen LogP contribution >= 0.6 is 0 Å². The molecule has 0 saturated heterocycles. The van der Waals surface area contributed by atoms with Crippen molar-refractivity contribution in [3.8, 4) is 0 Å². The zero-order valence-electron chi connectivity index (χ0n) is 10.8. The van der Waals surface area contributed by atoms with Crippen LogP contribution in [-0.2, 0) is 0 Å². The number of aliphatic hydroxyl groups is 1. The summed E-state index contributed by atoms with van der Waals surface area (Å²) in [6.07, 6.45) is 7.46. The van der Waals surface area contributed by atoms with Crippen molar-refractivity contribution in [2.75, 3.05) is 13.1 Å². The molecule has 0 amide bonds. The van der Waals surface area contributed by atoms with Gasteiger partial charge in [-0.1, -0.05) is 20.3 Å². The van der Waals surface area contributed by atoms with Crippen molar-refractivity contribution in [2.24, 2.45) is 17.8 Å². The van der Waals surface area contributed by atoms with Crippen LogP contribution in [0.4, 0.5) is 0 Å². The maximum atomic E-state index is 10.6. The fourth-order valence-corrected chi connectivity index (χ4v) is 3.11. The molecule has 2 rings (SSSR count). The number of hydrogen-bond donors (Lipinski definition) is 2. The summed E-state index contributed by atoms with van der Waals surface area (Å²) in [5.41, 5.74) is -0.402. The van der Waals surface area contributed by atoms with Crippen LogP contribution < -0.4 is 5.32 Å². The first kappa shape index (κ1) is 12.4. The Morgan fingerprint density at radius 2 is 2.00 bits per heavy atom. The summed E-state index contributed by atoms with van der Waals surface area (Å²) in [5.74, 6) is 2.45. The van der Waals surface area contributed by atoms with Gasteiger partial charge in [0.2, 0.25) is 0 Å². The lowest BCUT2D eigenvalue weighted by Crippen LogP contribution is -2.45. The Hall–Kier alpha value is -0.0800. The van der Waals surface area contributed by atoms with Crippen LogP contribution in [0.2, 0.25) is 0 Å². The lowest BCUT2D eigenvalue weighted by Gasteiger charge is -2.37. The molecular formula is C14H27NO. The highest BCUT2D eigenvalue weighted by Crippen LogP contribution is 2.46. The molecule has 2 aliphatic rings. The summed E-state index contributed by atoms with van der Waals surface area (Å²) < 4.78 is 0. The van der Waals surface area contributed by atoms with Gasteiger partial charge in [-0.25, -0.2) is 0 Å². The van der Waals surface area contributed by atoms with Crippen LogP contribution in [0, 0.1) is 17.8 Å². The predicted octanol–water partition coefficient (Wildman–Crippen LogP) is 2.56. The summed E-state index contributed by atoms with van der Waals surface area (Å²) in [6, 6.07) is 0. The predicted molar refractivity (Wildman–Crippen MR) is 67.3 cm³/mol. The molecule has 2 fully saturated rings. The van der Waals surface area contributed by atoms with E-state index in [1.807, 2.05) is 0 Å². The van der Waals surface area contributed by atoms with E-state index in [0.717, 1.165) is 37.8 Å². The lowest BCUT2D eigenvalue weighted by atomic mass is 9.76. The Balaban J connectivity index is 1.76. The minimum absolute atomic E-state index is 0.402. The van der Waals surface area contributed by atoms with Gasteiger partial charge >= 0.3 is 0 Å². The molecule has 16 heavy (non-hydrogen) atoms. The summed E-state index contributed by atoms with van der Waals surface area (Å²) in [4.78, 5) is 0. The van der Waals surface area contributed by atoms with E-state index in [1.54, 1.807) is 0 Å². The molecule has 2 saturated carbocycles. The molecule has 0 heterocycles. The molecule has 2 heteroatoms. The van der Waals surface area contributed by atoms with Crippen molar-refractivity contribution in [2.45, 2.75) is 58.0 Å². The Morgan fingerprint density at radius 3 is 2.62 bits per heavy atom. The molecule has 2 nitrogen and oxygen atoms in total. The third-order valence-corrected chi connectivity index (χ3v) is 4.15. The van der Waals surface area contributed by atoms with Gasteiger partial charge in [-0.3, -0.25) is 0 Å². The van der Waals surface area contributed by atoms with Crippen molar-refractivity contribution < 1.29 is 5.11 Å². The maximum absolute atomic E-state index is 10.6. The number of hydrogen-bond acceptors (Lipinski definition) is 2. The van der Waals surface area contributed by atoms with Crippen LogP contribution in [0.1, 0.15) is 52.4 Å². The van der Waals surface area contributed by atoms with E-state index in [4.69, 9.17) is 0 Å². The number of nitrogens with one attached hydrogen (secondary N) is 1. The summed E-state index contributed by atoms with van der Waals surface area (Å²) in [6.45, 7) is 6.25. The minimum Gasteiger partial charge on any atom is -0.389 e. The van der Waals surface area contributed by atoms with Gasteiger partial charge in [0.05, 0.1) is 5.60 Å². The lowest BCUT2D eigenvalue weighted by molar-refractivity contribution is -0.0190. The third kappa shape index (κ3) is 3.46. The first-order valence-electron chi connectivity index (χ1n) is 7.02. The molecule has 2 unspecified atom stereocenters. The zero-order chi connectivity index (χ0) is 11.6. The second-order valence-corrected chi connectivity index (χ2v) is 6.44. The largest absolute Gasteiger partial charge is 0.389 e. The van der Waals surface area contributed by atoms with Gasteiger partial charge in [0.15, 0.2) is 0 Å². The van der Waals surface area contributed by atoms with Gasteiger partial charge in [-0.05, 0) is 56.4 Å². The highest BCUT2D eigenvalue weighted by molar-refractivity contribution is 4.93. The maximum Gasteiger partial charge on any atom is 0.0774 e. The van der Waals surface area contributed by atoms with E-state index >= 15 is 0 Å². The van der Waals surface area contributed by atoms with Crippen LogP contribution in [0.25, 0.3) is 0 Å². The molecule has 0 aromatic carbocycles. The zero-order valence-corrected chi connectivity index (χ0v) is 10.8. The average molecular weight is 225 g/mol. The molecule has 0 bridgehead atoms. The minimum atomic E-state index is -0.402. The Kier molecular flexibility index (Phi) is 3.91.